The molecule has 3 nitrogen and oxygen atoms in total. The van der Waals surface area contributed by atoms with Gasteiger partial charge in [0.2, 0.25) is 0 Å². The molecule has 1 N–H and O–H groups in total. The molecule has 1 aliphatic rings. The average Bonchev–Trinajstić information content (AvgIpc) is 2.89. The molecule has 0 aliphatic carbocycles. The van der Waals surface area contributed by atoms with Gasteiger partial charge in [-0.2, -0.15) is 0 Å². The second-order valence-electron chi connectivity index (χ2n) is 5.45. The number of hydrogen-bond donors (Lipinski definition) is 1. The fraction of sp³-hybridized carbons (Fsp3) is 0.562. The van der Waals surface area contributed by atoms with Crippen molar-refractivity contribution in [2.45, 2.75) is 31.9 Å². The minimum absolute atomic E-state index is 0.643. The fourth-order valence-corrected chi connectivity index (χ4v) is 3.84. The Kier molecular flexibility index (Phi) is 5.35. The van der Waals surface area contributed by atoms with E-state index in [1.165, 1.54) is 18.5 Å². The van der Waals surface area contributed by atoms with E-state index in [9.17, 15) is 0 Å². The number of aliphatic imine (C=N–C) groups is 1. The highest BCUT2D eigenvalue weighted by Gasteiger charge is 2.25. The first-order chi connectivity index (χ1) is 9.63. The van der Waals surface area contributed by atoms with Crippen molar-refractivity contribution < 1.29 is 0 Å². The second kappa shape index (κ2) is 7.02. The Hall–Kier alpha value is -1.16. The molecule has 0 spiro atoms. The van der Waals surface area contributed by atoms with Gasteiger partial charge in [0.25, 0.3) is 0 Å². The summed E-state index contributed by atoms with van der Waals surface area (Å²) in [5, 5.41) is 5.17. The lowest BCUT2D eigenvalue weighted by Gasteiger charge is -2.19. The van der Waals surface area contributed by atoms with Gasteiger partial charge >= 0.3 is 0 Å². The number of nitrogens with one attached hydrogen (secondary N) is 1. The number of hydrogen-bond acceptors (Lipinski definition) is 4. The first kappa shape index (κ1) is 15.2. The highest BCUT2D eigenvalue weighted by Crippen LogP contribution is 2.31. The van der Waals surface area contributed by atoms with Gasteiger partial charge < -0.3 is 10.2 Å². The predicted octanol–water partition coefficient (Wildman–Crippen LogP) is 4.07. The van der Waals surface area contributed by atoms with Gasteiger partial charge in [-0.25, -0.2) is 0 Å². The molecule has 0 aromatic heterocycles. The van der Waals surface area contributed by atoms with Gasteiger partial charge in [0, 0.05) is 30.7 Å². The van der Waals surface area contributed by atoms with E-state index in [1.54, 1.807) is 0 Å². The van der Waals surface area contributed by atoms with Crippen LogP contribution in [0.1, 0.15) is 26.7 Å². The van der Waals surface area contributed by atoms with E-state index in [2.05, 4.69) is 67.4 Å². The normalized spacial score (nSPS) is 18.2. The Labute approximate surface area is 126 Å². The van der Waals surface area contributed by atoms with Crippen LogP contribution in [0.4, 0.5) is 11.4 Å². The summed E-state index contributed by atoms with van der Waals surface area (Å²) in [6.45, 7) is 5.51. The van der Waals surface area contributed by atoms with Crippen LogP contribution in [-0.2, 0) is 0 Å². The molecule has 4 heteroatoms. The second-order valence-corrected chi connectivity index (χ2v) is 6.68. The maximum absolute atomic E-state index is 4.66. The van der Waals surface area contributed by atoms with Gasteiger partial charge in [0.05, 0.1) is 6.54 Å². The molecular weight excluding hydrogens is 266 g/mol. The standard InChI is InChI=1S/C16H25N3S/c1-5-12(6-2)15-11-17-16(20-15)18-13-8-7-9-14(10-13)19(3)4/h7-10,12,15H,5-6,11H2,1-4H3,(H,17,18). The van der Waals surface area contributed by atoms with Gasteiger partial charge in [-0.15, -0.1) is 0 Å². The van der Waals surface area contributed by atoms with Crippen molar-refractivity contribution in [3.63, 3.8) is 0 Å². The van der Waals surface area contributed by atoms with E-state index in [4.69, 9.17) is 0 Å². The quantitative estimate of drug-likeness (QED) is 0.886. The molecular formula is C16H25N3S. The van der Waals surface area contributed by atoms with Crippen LogP contribution >= 0.6 is 11.8 Å². The number of benzene rings is 1. The van der Waals surface area contributed by atoms with E-state index in [1.807, 2.05) is 11.8 Å². The Morgan fingerprint density at radius 1 is 1.35 bits per heavy atom. The molecule has 0 bridgehead atoms. The van der Waals surface area contributed by atoms with Crippen molar-refractivity contribution in [3.8, 4) is 0 Å². The molecule has 0 fully saturated rings. The van der Waals surface area contributed by atoms with Gasteiger partial charge in [0.1, 0.15) is 0 Å². The maximum Gasteiger partial charge on any atom is 0.161 e. The van der Waals surface area contributed by atoms with Gasteiger partial charge in [0.15, 0.2) is 5.17 Å². The Morgan fingerprint density at radius 2 is 2.10 bits per heavy atom. The largest absolute Gasteiger partial charge is 0.378 e. The number of rotatable bonds is 5. The van der Waals surface area contributed by atoms with Crippen LogP contribution < -0.4 is 10.2 Å². The first-order valence-corrected chi connectivity index (χ1v) is 8.27. The fourth-order valence-electron chi connectivity index (χ4n) is 2.50. The molecule has 0 amide bonds. The highest BCUT2D eigenvalue weighted by molar-refractivity contribution is 8.15. The molecule has 1 unspecified atom stereocenters. The van der Waals surface area contributed by atoms with E-state index >= 15 is 0 Å². The zero-order chi connectivity index (χ0) is 14.5. The molecule has 0 saturated carbocycles. The van der Waals surface area contributed by atoms with Crippen LogP contribution in [0.2, 0.25) is 0 Å². The minimum Gasteiger partial charge on any atom is -0.378 e. The van der Waals surface area contributed by atoms with Gasteiger partial charge in [-0.05, 0) is 24.1 Å². The molecule has 1 aromatic rings. The van der Waals surface area contributed by atoms with Crippen LogP contribution in [0.25, 0.3) is 0 Å². The lowest BCUT2D eigenvalue weighted by molar-refractivity contribution is 0.479. The van der Waals surface area contributed by atoms with Crippen molar-refractivity contribution in [2.75, 3.05) is 30.9 Å². The summed E-state index contributed by atoms with van der Waals surface area (Å²) in [6, 6.07) is 8.45. The summed E-state index contributed by atoms with van der Waals surface area (Å²) < 4.78 is 0. The van der Waals surface area contributed by atoms with Crippen LogP contribution in [0.3, 0.4) is 0 Å². The summed E-state index contributed by atoms with van der Waals surface area (Å²) >= 11 is 1.90. The smallest absolute Gasteiger partial charge is 0.161 e. The predicted molar refractivity (Wildman–Crippen MR) is 92.1 cm³/mol. The SMILES string of the molecule is CCC(CC)C1CN=C(Nc2cccc(N(C)C)c2)S1. The maximum atomic E-state index is 4.66. The molecule has 2 rings (SSSR count). The third-order valence-electron chi connectivity index (χ3n) is 3.87. The Morgan fingerprint density at radius 3 is 2.75 bits per heavy atom. The van der Waals surface area contributed by atoms with Gasteiger partial charge in [-0.3, -0.25) is 4.99 Å². The summed E-state index contributed by atoms with van der Waals surface area (Å²) in [7, 11) is 4.12. The van der Waals surface area contributed by atoms with Crippen molar-refractivity contribution in [1.29, 1.82) is 0 Å². The average molecular weight is 291 g/mol. The Balaban J connectivity index is 1.97. The van der Waals surface area contributed by atoms with Gasteiger partial charge in [-0.1, -0.05) is 44.5 Å². The monoisotopic (exact) mass is 291 g/mol. The molecule has 1 aliphatic heterocycles. The summed E-state index contributed by atoms with van der Waals surface area (Å²) in [4.78, 5) is 6.77. The lowest BCUT2D eigenvalue weighted by atomic mass is 9.99. The Bertz CT molecular complexity index is 467. The topological polar surface area (TPSA) is 27.6 Å². The van der Waals surface area contributed by atoms with Crippen molar-refractivity contribution >= 4 is 28.3 Å². The van der Waals surface area contributed by atoms with E-state index < -0.39 is 0 Å². The lowest BCUT2D eigenvalue weighted by Crippen LogP contribution is -2.17. The van der Waals surface area contributed by atoms with E-state index in [0.717, 1.165) is 23.3 Å². The zero-order valence-electron chi connectivity index (χ0n) is 12.9. The van der Waals surface area contributed by atoms with Crippen LogP contribution in [0, 0.1) is 5.92 Å². The van der Waals surface area contributed by atoms with Crippen LogP contribution in [-0.4, -0.2) is 31.1 Å². The molecule has 0 saturated heterocycles. The molecule has 110 valence electrons. The number of thioether (sulfide) groups is 1. The molecule has 0 radical (unpaired) electrons. The number of nitrogens with zero attached hydrogens (tertiary/aromatic N) is 2. The van der Waals surface area contributed by atoms with E-state index in [-0.39, 0.29) is 0 Å². The zero-order valence-corrected chi connectivity index (χ0v) is 13.7. The van der Waals surface area contributed by atoms with Crippen LogP contribution in [0.15, 0.2) is 29.3 Å². The van der Waals surface area contributed by atoms with Crippen LogP contribution in [0.5, 0.6) is 0 Å². The molecule has 1 aromatic carbocycles. The highest BCUT2D eigenvalue weighted by atomic mass is 32.2. The molecule has 20 heavy (non-hydrogen) atoms. The summed E-state index contributed by atoms with van der Waals surface area (Å²) in [5.41, 5.74) is 2.32. The molecule has 1 heterocycles. The summed E-state index contributed by atoms with van der Waals surface area (Å²) in [6.07, 6.45) is 2.49. The van der Waals surface area contributed by atoms with Crippen molar-refractivity contribution in [2.24, 2.45) is 10.9 Å². The summed E-state index contributed by atoms with van der Waals surface area (Å²) in [5.74, 6) is 0.774. The number of amidine groups is 1. The van der Waals surface area contributed by atoms with Crippen molar-refractivity contribution in [1.82, 2.24) is 0 Å². The third kappa shape index (κ3) is 3.69. The van der Waals surface area contributed by atoms with E-state index in [0.29, 0.717) is 5.25 Å². The van der Waals surface area contributed by atoms with Crippen molar-refractivity contribution in [3.05, 3.63) is 24.3 Å². The first-order valence-electron chi connectivity index (χ1n) is 7.39. The minimum atomic E-state index is 0.643. The number of anilines is 2. The molecule has 1 atom stereocenters. The third-order valence-corrected chi connectivity index (χ3v) is 5.16.